The molecule has 0 aliphatic heterocycles. The predicted molar refractivity (Wildman–Crippen MR) is 99.5 cm³/mol. The summed E-state index contributed by atoms with van der Waals surface area (Å²) in [5, 5.41) is 8.57. The third kappa shape index (κ3) is 6.18. The lowest BCUT2D eigenvalue weighted by molar-refractivity contribution is -0.115. The first-order valence-electron chi connectivity index (χ1n) is 8.03. The lowest BCUT2D eigenvalue weighted by atomic mass is 10.1. The molecule has 0 saturated heterocycles. The first-order valence-corrected chi connectivity index (χ1v) is 8.41. The van der Waals surface area contributed by atoms with E-state index in [1.165, 1.54) is 7.05 Å². The quantitative estimate of drug-likeness (QED) is 0.398. The van der Waals surface area contributed by atoms with Gasteiger partial charge in [-0.15, -0.1) is 0 Å². The molecule has 144 valence electrons. The average molecular weight is 399 g/mol. The molecule has 1 amide bonds. The van der Waals surface area contributed by atoms with Crippen LogP contribution in [0.5, 0.6) is 0 Å². The summed E-state index contributed by atoms with van der Waals surface area (Å²) in [6, 6.07) is 9.11. The first-order chi connectivity index (χ1) is 12.9. The summed E-state index contributed by atoms with van der Waals surface area (Å²) in [6.07, 6.45) is 0.688. The van der Waals surface area contributed by atoms with Crippen molar-refractivity contribution in [3.8, 4) is 0 Å². The van der Waals surface area contributed by atoms with Crippen LogP contribution in [0.3, 0.4) is 0 Å². The van der Waals surface area contributed by atoms with Crippen molar-refractivity contribution in [1.82, 2.24) is 10.6 Å². The van der Waals surface area contributed by atoms with Gasteiger partial charge < -0.3 is 16.0 Å². The monoisotopic (exact) mass is 398 g/mol. The van der Waals surface area contributed by atoms with Gasteiger partial charge in [0.15, 0.2) is 23.4 Å². The average Bonchev–Trinajstić information content (AvgIpc) is 2.65. The molecular weight excluding hydrogens is 381 g/mol. The molecule has 2 aromatic rings. The van der Waals surface area contributed by atoms with Crippen molar-refractivity contribution in [2.45, 2.75) is 6.42 Å². The van der Waals surface area contributed by atoms with Gasteiger partial charge in [-0.05, 0) is 36.2 Å². The maximum absolute atomic E-state index is 13.5. The molecule has 0 aliphatic rings. The molecule has 2 aromatic carbocycles. The molecule has 0 spiro atoms. The number of rotatable bonds is 6. The number of guanidine groups is 1. The summed E-state index contributed by atoms with van der Waals surface area (Å²) < 4.78 is 39.6. The Balaban J connectivity index is 1.80. The highest BCUT2D eigenvalue weighted by Crippen LogP contribution is 2.19. The Morgan fingerprint density at radius 1 is 1.11 bits per heavy atom. The SMILES string of the molecule is CN=C(NCCc1cccc(Cl)c1)NCC(=O)Nc1ccc(F)c(F)c1F. The molecule has 0 radical (unpaired) electrons. The van der Waals surface area contributed by atoms with Crippen LogP contribution in [-0.4, -0.2) is 32.0 Å². The van der Waals surface area contributed by atoms with Crippen molar-refractivity contribution in [1.29, 1.82) is 0 Å². The van der Waals surface area contributed by atoms with Gasteiger partial charge in [-0.25, -0.2) is 13.2 Å². The summed E-state index contributed by atoms with van der Waals surface area (Å²) in [4.78, 5) is 15.8. The van der Waals surface area contributed by atoms with Gasteiger partial charge in [0.2, 0.25) is 5.91 Å². The molecule has 0 saturated carbocycles. The molecular formula is C18H18ClF3N4O. The molecule has 0 aliphatic carbocycles. The fraction of sp³-hybridized carbons (Fsp3) is 0.222. The highest BCUT2D eigenvalue weighted by atomic mass is 35.5. The molecule has 0 unspecified atom stereocenters. The summed E-state index contributed by atoms with van der Waals surface area (Å²) >= 11 is 5.92. The zero-order valence-electron chi connectivity index (χ0n) is 14.5. The number of carbonyl (C=O) groups excluding carboxylic acids is 1. The zero-order valence-corrected chi connectivity index (χ0v) is 15.2. The molecule has 0 aromatic heterocycles. The van der Waals surface area contributed by atoms with Crippen molar-refractivity contribution in [2.75, 3.05) is 25.5 Å². The molecule has 2 rings (SSSR count). The Morgan fingerprint density at radius 3 is 2.59 bits per heavy atom. The topological polar surface area (TPSA) is 65.5 Å². The highest BCUT2D eigenvalue weighted by molar-refractivity contribution is 6.30. The van der Waals surface area contributed by atoms with E-state index in [0.29, 0.717) is 23.9 Å². The van der Waals surface area contributed by atoms with E-state index in [4.69, 9.17) is 11.6 Å². The third-order valence-electron chi connectivity index (χ3n) is 3.54. The van der Waals surface area contributed by atoms with Gasteiger partial charge in [-0.1, -0.05) is 23.7 Å². The lowest BCUT2D eigenvalue weighted by Crippen LogP contribution is -2.42. The second-order valence-electron chi connectivity index (χ2n) is 5.50. The van der Waals surface area contributed by atoms with E-state index in [1.807, 2.05) is 18.2 Å². The van der Waals surface area contributed by atoms with Crippen LogP contribution in [0.25, 0.3) is 0 Å². The standard InChI is InChI=1S/C18H18ClF3N4O/c1-23-18(24-8-7-11-3-2-4-12(19)9-11)25-10-15(27)26-14-6-5-13(20)16(21)17(14)22/h2-6,9H,7-8,10H2,1H3,(H,26,27)(H2,23,24,25). The highest BCUT2D eigenvalue weighted by Gasteiger charge is 2.15. The van der Waals surface area contributed by atoms with Crippen LogP contribution >= 0.6 is 11.6 Å². The number of anilines is 1. The van der Waals surface area contributed by atoms with Crippen molar-refractivity contribution in [2.24, 2.45) is 4.99 Å². The maximum Gasteiger partial charge on any atom is 0.243 e. The molecule has 0 heterocycles. The Morgan fingerprint density at radius 2 is 1.89 bits per heavy atom. The number of nitrogens with one attached hydrogen (secondary N) is 3. The van der Waals surface area contributed by atoms with Crippen LogP contribution < -0.4 is 16.0 Å². The largest absolute Gasteiger partial charge is 0.356 e. The number of carbonyl (C=O) groups is 1. The van der Waals surface area contributed by atoms with E-state index >= 15 is 0 Å². The lowest BCUT2D eigenvalue weighted by Gasteiger charge is -2.12. The minimum atomic E-state index is -1.64. The third-order valence-corrected chi connectivity index (χ3v) is 3.78. The second-order valence-corrected chi connectivity index (χ2v) is 5.94. The van der Waals surface area contributed by atoms with Gasteiger partial charge in [0, 0.05) is 18.6 Å². The van der Waals surface area contributed by atoms with Gasteiger partial charge >= 0.3 is 0 Å². The second kappa shape index (κ2) is 9.82. The molecule has 0 atom stereocenters. The van der Waals surface area contributed by atoms with Crippen LogP contribution in [0, 0.1) is 17.5 Å². The molecule has 27 heavy (non-hydrogen) atoms. The van der Waals surface area contributed by atoms with E-state index in [1.54, 1.807) is 6.07 Å². The van der Waals surface area contributed by atoms with E-state index in [-0.39, 0.29) is 6.54 Å². The number of hydrogen-bond donors (Lipinski definition) is 3. The van der Waals surface area contributed by atoms with E-state index < -0.39 is 29.0 Å². The number of hydrogen-bond acceptors (Lipinski definition) is 2. The van der Waals surface area contributed by atoms with Crippen molar-refractivity contribution >= 4 is 29.2 Å². The molecule has 5 nitrogen and oxygen atoms in total. The summed E-state index contributed by atoms with van der Waals surface area (Å²) in [5.74, 6) is -4.70. The number of aliphatic imine (C=N–C) groups is 1. The molecule has 0 fully saturated rings. The predicted octanol–water partition coefficient (Wildman–Crippen LogP) is 3.10. The van der Waals surface area contributed by atoms with Crippen molar-refractivity contribution in [3.63, 3.8) is 0 Å². The minimum Gasteiger partial charge on any atom is -0.356 e. The fourth-order valence-electron chi connectivity index (χ4n) is 2.22. The minimum absolute atomic E-state index is 0.241. The van der Waals surface area contributed by atoms with Gasteiger partial charge in [0.25, 0.3) is 0 Å². The smallest absolute Gasteiger partial charge is 0.243 e. The van der Waals surface area contributed by atoms with Crippen LogP contribution in [-0.2, 0) is 11.2 Å². The van der Waals surface area contributed by atoms with Crippen LogP contribution in [0.1, 0.15) is 5.56 Å². The number of halogens is 4. The van der Waals surface area contributed by atoms with Crippen LogP contribution in [0.4, 0.5) is 18.9 Å². The summed E-state index contributed by atoms with van der Waals surface area (Å²) in [5.41, 5.74) is 0.599. The molecule has 0 bridgehead atoms. The van der Waals surface area contributed by atoms with Gasteiger partial charge in [0.05, 0.1) is 12.2 Å². The normalized spacial score (nSPS) is 11.2. The summed E-state index contributed by atoms with van der Waals surface area (Å²) in [7, 11) is 1.53. The number of amides is 1. The summed E-state index contributed by atoms with van der Waals surface area (Å²) in [6.45, 7) is 0.300. The van der Waals surface area contributed by atoms with E-state index in [2.05, 4.69) is 20.9 Å². The van der Waals surface area contributed by atoms with Crippen molar-refractivity contribution < 1.29 is 18.0 Å². The molecule has 9 heteroatoms. The molecule has 3 N–H and O–H groups in total. The fourth-order valence-corrected chi connectivity index (χ4v) is 2.43. The Hall–Kier alpha value is -2.74. The number of nitrogens with zero attached hydrogens (tertiary/aromatic N) is 1. The Bertz CT molecular complexity index is 845. The van der Waals surface area contributed by atoms with Gasteiger partial charge in [0.1, 0.15) is 0 Å². The number of benzene rings is 2. The van der Waals surface area contributed by atoms with Gasteiger partial charge in [-0.2, -0.15) is 0 Å². The van der Waals surface area contributed by atoms with E-state index in [9.17, 15) is 18.0 Å². The van der Waals surface area contributed by atoms with Crippen LogP contribution in [0.2, 0.25) is 5.02 Å². The first kappa shape index (κ1) is 20.6. The Kier molecular flexibility index (Phi) is 7.48. The zero-order chi connectivity index (χ0) is 19.8. The van der Waals surface area contributed by atoms with E-state index in [0.717, 1.165) is 17.7 Å². The van der Waals surface area contributed by atoms with Crippen LogP contribution in [0.15, 0.2) is 41.4 Å². The van der Waals surface area contributed by atoms with Crippen molar-refractivity contribution in [3.05, 3.63) is 64.4 Å². The van der Waals surface area contributed by atoms with Gasteiger partial charge in [-0.3, -0.25) is 9.79 Å². The Labute approximate surface area is 159 Å². The maximum atomic E-state index is 13.5.